The molecule has 0 radical (unpaired) electrons. The molecule has 134 valence electrons. The Labute approximate surface area is 154 Å². The highest BCUT2D eigenvalue weighted by Crippen LogP contribution is 2.16. The van der Waals surface area contributed by atoms with Gasteiger partial charge < -0.3 is 10.2 Å². The highest BCUT2D eigenvalue weighted by molar-refractivity contribution is 7.80. The van der Waals surface area contributed by atoms with Gasteiger partial charge in [-0.15, -0.1) is 0 Å². The maximum Gasteiger partial charge on any atom is 0.295 e. The molecule has 1 aromatic heterocycles. The zero-order chi connectivity index (χ0) is 17.8. The minimum absolute atomic E-state index is 0.0689. The van der Waals surface area contributed by atoms with Gasteiger partial charge in [0, 0.05) is 20.1 Å². The summed E-state index contributed by atoms with van der Waals surface area (Å²) in [5.74, 6) is 0. The first kappa shape index (κ1) is 17.7. The quantitative estimate of drug-likeness (QED) is 0.835. The summed E-state index contributed by atoms with van der Waals surface area (Å²) in [6.07, 6.45) is 6.13. The van der Waals surface area contributed by atoms with Gasteiger partial charge in [0.05, 0.1) is 11.4 Å². The highest BCUT2D eigenvalue weighted by atomic mass is 32.1. The number of benzene rings is 1. The van der Waals surface area contributed by atoms with E-state index < -0.39 is 0 Å². The van der Waals surface area contributed by atoms with Crippen LogP contribution in [0.5, 0.6) is 0 Å². The average molecular weight is 359 g/mol. The van der Waals surface area contributed by atoms with Crippen LogP contribution >= 0.6 is 12.2 Å². The summed E-state index contributed by atoms with van der Waals surface area (Å²) in [5.41, 5.74) is 2.23. The van der Waals surface area contributed by atoms with Crippen LogP contribution in [0, 0.1) is 6.92 Å². The molecule has 0 bridgehead atoms. The van der Waals surface area contributed by atoms with Gasteiger partial charge in [0.2, 0.25) is 0 Å². The Balaban J connectivity index is 1.85. The standard InChI is InChI=1S/C19H26N4OS/c1-15-17(20-19(25)22-13-9-4-3-5-10-14-22)18(24)23(21(15)2)16-11-7-6-8-12-16/h6-8,11-12H,3-5,9-10,13-14H2,1-2H3,(H,20,25). The Kier molecular flexibility index (Phi) is 5.58. The zero-order valence-corrected chi connectivity index (χ0v) is 15.8. The third-order valence-electron chi connectivity index (χ3n) is 4.93. The Morgan fingerprint density at radius 1 is 1.04 bits per heavy atom. The molecule has 6 heteroatoms. The molecule has 1 fully saturated rings. The monoisotopic (exact) mass is 358 g/mol. The summed E-state index contributed by atoms with van der Waals surface area (Å²) in [6, 6.07) is 9.67. The van der Waals surface area contributed by atoms with E-state index in [1.807, 2.05) is 49.0 Å². The summed E-state index contributed by atoms with van der Waals surface area (Å²) in [6.45, 7) is 3.87. The molecular formula is C19H26N4OS. The summed E-state index contributed by atoms with van der Waals surface area (Å²) in [4.78, 5) is 15.2. The molecule has 25 heavy (non-hydrogen) atoms. The van der Waals surface area contributed by atoms with Gasteiger partial charge in [-0.2, -0.15) is 0 Å². The molecule has 5 nitrogen and oxygen atoms in total. The predicted molar refractivity (Wildman–Crippen MR) is 107 cm³/mol. The van der Waals surface area contributed by atoms with Crippen molar-refractivity contribution in [3.05, 3.63) is 46.4 Å². The van der Waals surface area contributed by atoms with E-state index in [1.165, 1.54) is 19.3 Å². The maximum absolute atomic E-state index is 13.0. The zero-order valence-electron chi connectivity index (χ0n) is 15.0. The second-order valence-electron chi connectivity index (χ2n) is 6.62. The summed E-state index contributed by atoms with van der Waals surface area (Å²) in [5, 5.41) is 3.89. The van der Waals surface area contributed by atoms with Crippen LogP contribution in [0.15, 0.2) is 35.1 Å². The molecule has 1 aliphatic rings. The molecule has 3 rings (SSSR count). The summed E-state index contributed by atoms with van der Waals surface area (Å²) < 4.78 is 3.55. The van der Waals surface area contributed by atoms with Crippen LogP contribution in [0.25, 0.3) is 5.69 Å². The number of anilines is 1. The van der Waals surface area contributed by atoms with Crippen molar-refractivity contribution < 1.29 is 0 Å². The van der Waals surface area contributed by atoms with Crippen molar-refractivity contribution >= 4 is 23.0 Å². The first-order valence-corrected chi connectivity index (χ1v) is 9.40. The van der Waals surface area contributed by atoms with Gasteiger partial charge in [-0.3, -0.25) is 9.48 Å². The van der Waals surface area contributed by atoms with Gasteiger partial charge in [-0.25, -0.2) is 4.68 Å². The average Bonchev–Trinajstić information content (AvgIpc) is 2.79. The van der Waals surface area contributed by atoms with Crippen molar-refractivity contribution in [1.29, 1.82) is 0 Å². The number of thiocarbonyl (C=S) groups is 1. The van der Waals surface area contributed by atoms with E-state index in [1.54, 1.807) is 4.68 Å². The molecule has 2 heterocycles. The Hall–Kier alpha value is -2.08. The summed E-state index contributed by atoms with van der Waals surface area (Å²) in [7, 11) is 1.90. The van der Waals surface area contributed by atoms with E-state index >= 15 is 0 Å². The summed E-state index contributed by atoms with van der Waals surface area (Å²) >= 11 is 5.61. The molecule has 0 atom stereocenters. The lowest BCUT2D eigenvalue weighted by Gasteiger charge is -2.27. The SMILES string of the molecule is Cc1c(NC(=S)N2CCCCCCC2)c(=O)n(-c2ccccc2)n1C. The van der Waals surface area contributed by atoms with Crippen molar-refractivity contribution in [1.82, 2.24) is 14.3 Å². The predicted octanol–water partition coefficient (Wildman–Crippen LogP) is 3.45. The first-order valence-electron chi connectivity index (χ1n) is 8.99. The number of rotatable bonds is 2. The van der Waals surface area contributed by atoms with E-state index in [0.29, 0.717) is 10.8 Å². The molecule has 0 saturated carbocycles. The number of para-hydroxylation sites is 1. The van der Waals surface area contributed by atoms with Gasteiger partial charge in [0.25, 0.3) is 5.56 Å². The second-order valence-corrected chi connectivity index (χ2v) is 7.01. The van der Waals surface area contributed by atoms with Crippen LogP contribution in [0.4, 0.5) is 5.69 Å². The maximum atomic E-state index is 13.0. The molecule has 0 unspecified atom stereocenters. The number of nitrogens with zero attached hydrogens (tertiary/aromatic N) is 3. The molecule has 1 aliphatic heterocycles. The third-order valence-corrected chi connectivity index (χ3v) is 5.29. The number of hydrogen-bond acceptors (Lipinski definition) is 2. The van der Waals surface area contributed by atoms with Gasteiger partial charge in [0.15, 0.2) is 5.11 Å². The number of nitrogens with one attached hydrogen (secondary N) is 1. The lowest BCUT2D eigenvalue weighted by atomic mass is 10.1. The van der Waals surface area contributed by atoms with E-state index in [4.69, 9.17) is 12.2 Å². The molecule has 0 aliphatic carbocycles. The molecule has 0 spiro atoms. The van der Waals surface area contributed by atoms with E-state index in [2.05, 4.69) is 10.2 Å². The fourth-order valence-corrected chi connectivity index (χ4v) is 3.63. The lowest BCUT2D eigenvalue weighted by Crippen LogP contribution is -2.38. The molecule has 1 N–H and O–H groups in total. The number of likely N-dealkylation sites (tertiary alicyclic amines) is 1. The first-order chi connectivity index (χ1) is 12.1. The lowest BCUT2D eigenvalue weighted by molar-refractivity contribution is 0.366. The van der Waals surface area contributed by atoms with Crippen LogP contribution in [-0.2, 0) is 7.05 Å². The Morgan fingerprint density at radius 3 is 2.28 bits per heavy atom. The normalized spacial score (nSPS) is 15.5. The number of hydrogen-bond donors (Lipinski definition) is 1. The highest BCUT2D eigenvalue weighted by Gasteiger charge is 2.19. The second kappa shape index (κ2) is 7.87. The van der Waals surface area contributed by atoms with Crippen LogP contribution < -0.4 is 10.9 Å². The van der Waals surface area contributed by atoms with Gasteiger partial charge in [-0.1, -0.05) is 37.5 Å². The largest absolute Gasteiger partial charge is 0.349 e. The van der Waals surface area contributed by atoms with Gasteiger partial charge in [0.1, 0.15) is 5.69 Å². The molecule has 1 aromatic carbocycles. The molecule has 1 saturated heterocycles. The molecule has 2 aromatic rings. The van der Waals surface area contributed by atoms with Crippen LogP contribution in [0.2, 0.25) is 0 Å². The van der Waals surface area contributed by atoms with Crippen molar-refractivity contribution in [2.45, 2.75) is 39.0 Å². The van der Waals surface area contributed by atoms with E-state index in [0.717, 1.165) is 37.3 Å². The minimum Gasteiger partial charge on any atom is -0.349 e. The van der Waals surface area contributed by atoms with Crippen molar-refractivity contribution in [2.24, 2.45) is 7.05 Å². The Bertz CT molecular complexity index is 786. The smallest absolute Gasteiger partial charge is 0.295 e. The van der Waals surface area contributed by atoms with Crippen molar-refractivity contribution in [3.8, 4) is 5.69 Å². The minimum atomic E-state index is -0.0689. The van der Waals surface area contributed by atoms with Crippen LogP contribution in [0.3, 0.4) is 0 Å². The Morgan fingerprint density at radius 2 is 1.64 bits per heavy atom. The van der Waals surface area contributed by atoms with E-state index in [-0.39, 0.29) is 5.56 Å². The van der Waals surface area contributed by atoms with Crippen molar-refractivity contribution in [2.75, 3.05) is 18.4 Å². The van der Waals surface area contributed by atoms with Gasteiger partial charge in [-0.05, 0) is 44.1 Å². The van der Waals surface area contributed by atoms with Gasteiger partial charge >= 0.3 is 0 Å². The number of aromatic nitrogens is 2. The molecule has 0 amide bonds. The molecular weight excluding hydrogens is 332 g/mol. The fourth-order valence-electron chi connectivity index (χ4n) is 3.35. The topological polar surface area (TPSA) is 42.2 Å². The van der Waals surface area contributed by atoms with Crippen LogP contribution in [0.1, 0.15) is 37.8 Å². The van der Waals surface area contributed by atoms with Crippen LogP contribution in [-0.4, -0.2) is 32.5 Å². The van der Waals surface area contributed by atoms with Crippen molar-refractivity contribution in [3.63, 3.8) is 0 Å². The third kappa shape index (κ3) is 3.79. The van der Waals surface area contributed by atoms with E-state index in [9.17, 15) is 4.79 Å². The fraction of sp³-hybridized carbons (Fsp3) is 0.474.